The van der Waals surface area contributed by atoms with E-state index in [0.29, 0.717) is 12.1 Å². The molecule has 0 aromatic heterocycles. The number of nitrogens with one attached hydrogen (secondary N) is 1. The van der Waals surface area contributed by atoms with E-state index in [4.69, 9.17) is 23.1 Å². The number of halogens is 1. The molecule has 0 saturated heterocycles. The van der Waals surface area contributed by atoms with Crippen LogP contribution in [0.15, 0.2) is 22.8 Å². The maximum atomic E-state index is 11.5. The van der Waals surface area contributed by atoms with Crippen LogP contribution in [0, 0.1) is 0 Å². The van der Waals surface area contributed by atoms with E-state index in [0.717, 1.165) is 0 Å². The lowest BCUT2D eigenvalue weighted by atomic mass is 10.1. The maximum absolute atomic E-state index is 11.5. The number of hydrogen-bond donors (Lipinski definition) is 3. The zero-order valence-electron chi connectivity index (χ0n) is 8.75. The predicted molar refractivity (Wildman–Crippen MR) is 59.3 cm³/mol. The van der Waals surface area contributed by atoms with Crippen molar-refractivity contribution >= 4 is 17.5 Å². The first-order valence-electron chi connectivity index (χ1n) is 4.63. The van der Waals surface area contributed by atoms with Crippen LogP contribution in [0.2, 0.25) is 0 Å². The number of amides is 1. The Bertz CT molecular complexity index is 333. The summed E-state index contributed by atoms with van der Waals surface area (Å²) < 4.78 is 0. The van der Waals surface area contributed by atoms with Gasteiger partial charge in [0.25, 0.3) is 0 Å². The van der Waals surface area contributed by atoms with Gasteiger partial charge in [-0.25, -0.2) is 0 Å². The van der Waals surface area contributed by atoms with Crippen LogP contribution >= 0.6 is 11.6 Å². The molecule has 0 radical (unpaired) electrons. The van der Waals surface area contributed by atoms with Gasteiger partial charge in [0.2, 0.25) is 5.91 Å². The highest BCUT2D eigenvalue weighted by molar-refractivity contribution is 6.29. The first-order chi connectivity index (χ1) is 6.97. The van der Waals surface area contributed by atoms with Crippen LogP contribution in [0.25, 0.3) is 0 Å². The van der Waals surface area contributed by atoms with Crippen molar-refractivity contribution in [2.75, 3.05) is 7.05 Å². The molecule has 0 saturated carbocycles. The highest BCUT2D eigenvalue weighted by Crippen LogP contribution is 2.18. The molecule has 1 aliphatic heterocycles. The molecule has 1 aliphatic rings. The van der Waals surface area contributed by atoms with Crippen molar-refractivity contribution in [3.05, 3.63) is 22.8 Å². The average Bonchev–Trinajstić information content (AvgIpc) is 2.12. The lowest BCUT2D eigenvalue weighted by Crippen LogP contribution is -2.51. The zero-order chi connectivity index (χ0) is 11.6. The highest BCUT2D eigenvalue weighted by atomic mass is 35.5. The van der Waals surface area contributed by atoms with E-state index in [1.807, 2.05) is 6.92 Å². The summed E-state index contributed by atoms with van der Waals surface area (Å²) in [4.78, 5) is 13.3. The molecular weight excluding hydrogens is 216 g/mol. The molecule has 0 bridgehead atoms. The Hall–Kier alpha value is -1.36. The van der Waals surface area contributed by atoms with Crippen LogP contribution in [-0.2, 0) is 4.79 Å². The van der Waals surface area contributed by atoms with Gasteiger partial charge in [-0.2, -0.15) is 0 Å². The van der Waals surface area contributed by atoms with Crippen molar-refractivity contribution in [3.8, 4) is 0 Å². The number of carbonyl (C=O) groups excluding carboxylic acids is 1. The standard InChI is InChI=1S/C9H15ClN4O/c1-3-5-9(15)13-8(12)6(14(5)2)4-7(10)11/h4-5H,3,11-12H2,1-2H3,(H,13,15)/b7-4-. The molecule has 0 aromatic carbocycles. The fraction of sp³-hybridized carbons (Fsp3) is 0.444. The number of rotatable bonds is 2. The highest BCUT2D eigenvalue weighted by Gasteiger charge is 2.29. The Balaban J connectivity index is 3.07. The summed E-state index contributed by atoms with van der Waals surface area (Å²) in [6.07, 6.45) is 2.22. The summed E-state index contributed by atoms with van der Waals surface area (Å²) in [6, 6.07) is -0.237. The second-order valence-electron chi connectivity index (χ2n) is 3.35. The molecule has 1 amide bonds. The molecule has 5 N–H and O–H groups in total. The lowest BCUT2D eigenvalue weighted by molar-refractivity contribution is -0.125. The molecule has 1 heterocycles. The molecule has 1 atom stereocenters. The topological polar surface area (TPSA) is 84.4 Å². The summed E-state index contributed by atoms with van der Waals surface area (Å²) >= 11 is 5.58. The van der Waals surface area contributed by atoms with Crippen LogP contribution < -0.4 is 16.8 Å². The van der Waals surface area contributed by atoms with E-state index in [9.17, 15) is 4.79 Å². The number of nitrogens with zero attached hydrogens (tertiary/aromatic N) is 1. The normalized spacial score (nSPS) is 23.1. The third-order valence-electron chi connectivity index (χ3n) is 2.35. The van der Waals surface area contributed by atoms with E-state index in [2.05, 4.69) is 5.32 Å². The van der Waals surface area contributed by atoms with Crippen molar-refractivity contribution < 1.29 is 4.79 Å². The second-order valence-corrected chi connectivity index (χ2v) is 3.79. The van der Waals surface area contributed by atoms with Crippen molar-refractivity contribution in [1.82, 2.24) is 10.2 Å². The summed E-state index contributed by atoms with van der Waals surface area (Å²) in [5.41, 5.74) is 11.7. The van der Waals surface area contributed by atoms with Gasteiger partial charge in [0, 0.05) is 7.05 Å². The smallest absolute Gasteiger partial charge is 0.248 e. The molecular formula is C9H15ClN4O. The quantitative estimate of drug-likeness (QED) is 0.583. The average molecular weight is 231 g/mol. The first kappa shape index (κ1) is 11.7. The summed E-state index contributed by atoms with van der Waals surface area (Å²) in [5, 5.41) is 2.71. The van der Waals surface area contributed by atoms with E-state index < -0.39 is 0 Å². The van der Waals surface area contributed by atoms with Crippen LogP contribution in [0.1, 0.15) is 13.3 Å². The molecule has 1 unspecified atom stereocenters. The number of allylic oxidation sites excluding steroid dienone is 1. The van der Waals surface area contributed by atoms with Gasteiger partial charge in [0.05, 0.1) is 5.70 Å². The molecule has 15 heavy (non-hydrogen) atoms. The Kier molecular flexibility index (Phi) is 3.47. The van der Waals surface area contributed by atoms with Gasteiger partial charge in [0.1, 0.15) is 17.0 Å². The minimum Gasteiger partial charge on any atom is -0.389 e. The van der Waals surface area contributed by atoms with Gasteiger partial charge in [-0.3, -0.25) is 4.79 Å². The Labute approximate surface area is 93.7 Å². The Morgan fingerprint density at radius 3 is 2.80 bits per heavy atom. The molecule has 6 heteroatoms. The van der Waals surface area contributed by atoms with Crippen molar-refractivity contribution in [2.24, 2.45) is 11.5 Å². The molecule has 0 fully saturated rings. The van der Waals surface area contributed by atoms with Crippen LogP contribution in [-0.4, -0.2) is 23.9 Å². The predicted octanol–water partition coefficient (Wildman–Crippen LogP) is -0.00670. The SMILES string of the molecule is CCC1C(=O)NC(N)=C(/C=C(\N)Cl)N1C. The second kappa shape index (κ2) is 4.44. The van der Waals surface area contributed by atoms with Gasteiger partial charge < -0.3 is 21.7 Å². The van der Waals surface area contributed by atoms with E-state index in [1.54, 1.807) is 11.9 Å². The first-order valence-corrected chi connectivity index (χ1v) is 5.01. The largest absolute Gasteiger partial charge is 0.389 e. The van der Waals surface area contributed by atoms with Crippen molar-refractivity contribution in [3.63, 3.8) is 0 Å². The molecule has 1 rings (SSSR count). The van der Waals surface area contributed by atoms with Gasteiger partial charge in [-0.05, 0) is 12.5 Å². The zero-order valence-corrected chi connectivity index (χ0v) is 9.51. The number of nitrogens with two attached hydrogens (primary N) is 2. The van der Waals surface area contributed by atoms with Crippen LogP contribution in [0.5, 0.6) is 0 Å². The van der Waals surface area contributed by atoms with Crippen molar-refractivity contribution in [2.45, 2.75) is 19.4 Å². The van der Waals surface area contributed by atoms with E-state index >= 15 is 0 Å². The van der Waals surface area contributed by atoms with Crippen molar-refractivity contribution in [1.29, 1.82) is 0 Å². The Morgan fingerprint density at radius 1 is 1.73 bits per heavy atom. The van der Waals surface area contributed by atoms with E-state index in [1.165, 1.54) is 6.08 Å². The third-order valence-corrected chi connectivity index (χ3v) is 2.45. The molecule has 0 aliphatic carbocycles. The number of likely N-dealkylation sites (N-methyl/N-ethyl adjacent to an activating group) is 1. The lowest BCUT2D eigenvalue weighted by Gasteiger charge is -2.34. The number of hydrogen-bond acceptors (Lipinski definition) is 4. The van der Waals surface area contributed by atoms with Gasteiger partial charge in [0.15, 0.2) is 0 Å². The summed E-state index contributed by atoms with van der Waals surface area (Å²) in [6.45, 7) is 1.92. The fourth-order valence-corrected chi connectivity index (χ4v) is 1.69. The minimum absolute atomic E-state index is 0.109. The fourth-order valence-electron chi connectivity index (χ4n) is 1.58. The third kappa shape index (κ3) is 2.36. The van der Waals surface area contributed by atoms with Gasteiger partial charge >= 0.3 is 0 Å². The summed E-state index contributed by atoms with van der Waals surface area (Å²) in [7, 11) is 1.78. The molecule has 0 aromatic rings. The minimum atomic E-state index is -0.237. The Morgan fingerprint density at radius 2 is 2.33 bits per heavy atom. The summed E-state index contributed by atoms with van der Waals surface area (Å²) in [5.74, 6) is 0.165. The van der Waals surface area contributed by atoms with Crippen LogP contribution in [0.4, 0.5) is 0 Å². The van der Waals surface area contributed by atoms with Gasteiger partial charge in [-0.15, -0.1) is 0 Å². The molecule has 84 valence electrons. The maximum Gasteiger partial charge on any atom is 0.248 e. The van der Waals surface area contributed by atoms with Crippen LogP contribution in [0.3, 0.4) is 0 Å². The number of carbonyl (C=O) groups is 1. The van der Waals surface area contributed by atoms with E-state index in [-0.39, 0.29) is 22.9 Å². The van der Waals surface area contributed by atoms with Gasteiger partial charge in [-0.1, -0.05) is 18.5 Å². The molecule has 5 nitrogen and oxygen atoms in total. The monoisotopic (exact) mass is 230 g/mol. The molecule has 0 spiro atoms.